The molecule has 2 aromatic heterocycles. The third-order valence-electron chi connectivity index (χ3n) is 2.84. The van der Waals surface area contributed by atoms with Crippen molar-refractivity contribution in [1.82, 2.24) is 15.4 Å². The minimum absolute atomic E-state index is 0.686. The van der Waals surface area contributed by atoms with Crippen molar-refractivity contribution in [3.05, 3.63) is 46.3 Å². The third kappa shape index (κ3) is 3.79. The van der Waals surface area contributed by atoms with E-state index in [4.69, 9.17) is 16.1 Å². The van der Waals surface area contributed by atoms with E-state index in [9.17, 15) is 0 Å². The van der Waals surface area contributed by atoms with Crippen LogP contribution in [0.3, 0.4) is 0 Å². The number of nitrogens with one attached hydrogen (secondary N) is 1. The van der Waals surface area contributed by atoms with Crippen LogP contribution in [-0.2, 0) is 5.75 Å². The Morgan fingerprint density at radius 1 is 1.27 bits per heavy atom. The van der Waals surface area contributed by atoms with Gasteiger partial charge in [-0.1, -0.05) is 45.9 Å². The lowest BCUT2D eigenvalue weighted by molar-refractivity contribution is 0.391. The van der Waals surface area contributed by atoms with Gasteiger partial charge in [0.2, 0.25) is 5.13 Å². The van der Waals surface area contributed by atoms with Crippen LogP contribution in [0.4, 0.5) is 10.8 Å². The number of hydrogen-bond donors (Lipinski definition) is 1. The van der Waals surface area contributed by atoms with Crippen molar-refractivity contribution in [2.45, 2.75) is 23.9 Å². The normalized spacial score (nSPS) is 10.9. The molecule has 0 radical (unpaired) electrons. The summed E-state index contributed by atoms with van der Waals surface area (Å²) in [5.74, 6) is 1.52. The van der Waals surface area contributed by atoms with Crippen molar-refractivity contribution in [2.75, 3.05) is 5.32 Å². The van der Waals surface area contributed by atoms with Gasteiger partial charge in [0.25, 0.3) is 0 Å². The van der Waals surface area contributed by atoms with Gasteiger partial charge in [0.15, 0.2) is 4.34 Å². The summed E-state index contributed by atoms with van der Waals surface area (Å²) in [4.78, 5) is 0. The number of benzene rings is 1. The Morgan fingerprint density at radius 2 is 2.14 bits per heavy atom. The summed E-state index contributed by atoms with van der Waals surface area (Å²) in [6.07, 6.45) is 0. The fourth-order valence-electron chi connectivity index (χ4n) is 1.73. The number of rotatable bonds is 5. The SMILES string of the molecule is Cc1cc(CSc2nnc(Nc3ccc(C)c(Cl)c3)s2)on1. The first kappa shape index (κ1) is 15.3. The Labute approximate surface area is 141 Å². The smallest absolute Gasteiger partial charge is 0.210 e. The predicted molar refractivity (Wildman–Crippen MR) is 90.2 cm³/mol. The van der Waals surface area contributed by atoms with Gasteiger partial charge in [0.1, 0.15) is 5.76 Å². The second-order valence-corrected chi connectivity index (χ2v) is 7.29. The van der Waals surface area contributed by atoms with Crippen molar-refractivity contribution >= 4 is 45.5 Å². The summed E-state index contributed by atoms with van der Waals surface area (Å²) in [7, 11) is 0. The maximum atomic E-state index is 6.11. The van der Waals surface area contributed by atoms with Gasteiger partial charge >= 0.3 is 0 Å². The van der Waals surface area contributed by atoms with Gasteiger partial charge in [0, 0.05) is 16.8 Å². The Kier molecular flexibility index (Phi) is 4.66. The van der Waals surface area contributed by atoms with Crippen LogP contribution in [0.25, 0.3) is 0 Å². The zero-order chi connectivity index (χ0) is 15.5. The van der Waals surface area contributed by atoms with E-state index in [2.05, 4.69) is 20.7 Å². The van der Waals surface area contributed by atoms with Crippen LogP contribution in [0, 0.1) is 13.8 Å². The molecule has 2 heterocycles. The van der Waals surface area contributed by atoms with Crippen LogP contribution < -0.4 is 5.32 Å². The number of hydrogen-bond acceptors (Lipinski definition) is 7. The number of aryl methyl sites for hydroxylation is 2. The molecule has 0 fully saturated rings. The molecule has 0 spiro atoms. The first-order valence-electron chi connectivity index (χ1n) is 6.52. The Hall–Kier alpha value is -1.57. The van der Waals surface area contributed by atoms with E-state index >= 15 is 0 Å². The van der Waals surface area contributed by atoms with Crippen molar-refractivity contribution in [1.29, 1.82) is 0 Å². The van der Waals surface area contributed by atoms with Gasteiger partial charge < -0.3 is 9.84 Å². The van der Waals surface area contributed by atoms with Crippen LogP contribution in [0.2, 0.25) is 5.02 Å². The summed E-state index contributed by atoms with van der Waals surface area (Å²) in [5.41, 5.74) is 2.82. The fraction of sp³-hybridized carbons (Fsp3) is 0.214. The largest absolute Gasteiger partial charge is 0.360 e. The van der Waals surface area contributed by atoms with E-state index in [1.165, 1.54) is 11.3 Å². The quantitative estimate of drug-likeness (QED) is 0.663. The number of halogens is 1. The molecule has 0 saturated carbocycles. The molecule has 0 amide bonds. The van der Waals surface area contributed by atoms with Crippen LogP contribution in [0.1, 0.15) is 17.0 Å². The van der Waals surface area contributed by atoms with Gasteiger partial charge in [-0.15, -0.1) is 10.2 Å². The molecule has 1 aromatic carbocycles. The molecule has 3 rings (SSSR count). The van der Waals surface area contributed by atoms with Gasteiger partial charge in [-0.2, -0.15) is 0 Å². The lowest BCUT2D eigenvalue weighted by Crippen LogP contribution is -1.89. The molecule has 0 aliphatic carbocycles. The monoisotopic (exact) mass is 352 g/mol. The summed E-state index contributed by atoms with van der Waals surface area (Å²) in [6.45, 7) is 3.87. The topological polar surface area (TPSA) is 63.8 Å². The summed E-state index contributed by atoms with van der Waals surface area (Å²) < 4.78 is 6.04. The summed E-state index contributed by atoms with van der Waals surface area (Å²) in [5, 5.41) is 16.8. The maximum absolute atomic E-state index is 6.11. The molecular weight excluding hydrogens is 340 g/mol. The standard InChI is InChI=1S/C14H13ClN4OS2/c1-8-3-4-10(6-12(8)15)16-13-17-18-14(22-13)21-7-11-5-9(2)19-20-11/h3-6H,7H2,1-2H3,(H,16,17). The zero-order valence-corrected chi connectivity index (χ0v) is 14.3. The molecule has 5 nitrogen and oxygen atoms in total. The highest BCUT2D eigenvalue weighted by molar-refractivity contribution is 8.00. The third-order valence-corrected chi connectivity index (χ3v) is 5.25. The molecule has 22 heavy (non-hydrogen) atoms. The van der Waals surface area contributed by atoms with Gasteiger partial charge in [-0.05, 0) is 31.5 Å². The van der Waals surface area contributed by atoms with E-state index in [1.807, 2.05) is 38.1 Å². The highest BCUT2D eigenvalue weighted by Gasteiger charge is 2.08. The highest BCUT2D eigenvalue weighted by atomic mass is 35.5. The Balaban J connectivity index is 1.62. The molecule has 1 N–H and O–H groups in total. The van der Waals surface area contributed by atoms with Gasteiger partial charge in [-0.3, -0.25) is 0 Å². The second-order valence-electron chi connectivity index (χ2n) is 4.69. The summed E-state index contributed by atoms with van der Waals surface area (Å²) >= 11 is 9.17. The number of thioether (sulfide) groups is 1. The van der Waals surface area contributed by atoms with E-state index in [0.717, 1.165) is 37.2 Å². The first-order valence-corrected chi connectivity index (χ1v) is 8.70. The van der Waals surface area contributed by atoms with Crippen LogP contribution in [0.5, 0.6) is 0 Å². The van der Waals surface area contributed by atoms with E-state index < -0.39 is 0 Å². The minimum Gasteiger partial charge on any atom is -0.360 e. The molecule has 0 atom stereocenters. The molecule has 114 valence electrons. The molecule has 0 aliphatic rings. The van der Waals surface area contributed by atoms with Crippen LogP contribution in [0.15, 0.2) is 33.1 Å². The van der Waals surface area contributed by atoms with Gasteiger partial charge in [-0.25, -0.2) is 0 Å². The molecule has 0 bridgehead atoms. The van der Waals surface area contributed by atoms with Crippen molar-refractivity contribution < 1.29 is 4.52 Å². The Morgan fingerprint density at radius 3 is 2.86 bits per heavy atom. The number of anilines is 2. The average Bonchev–Trinajstić information content (AvgIpc) is 3.10. The van der Waals surface area contributed by atoms with E-state index in [-0.39, 0.29) is 0 Å². The molecule has 3 aromatic rings. The lowest BCUT2D eigenvalue weighted by atomic mass is 10.2. The van der Waals surface area contributed by atoms with Crippen molar-refractivity contribution in [2.24, 2.45) is 0 Å². The molecule has 8 heteroatoms. The van der Waals surface area contributed by atoms with Crippen molar-refractivity contribution in [3.63, 3.8) is 0 Å². The van der Waals surface area contributed by atoms with Gasteiger partial charge in [0.05, 0.1) is 11.4 Å². The van der Waals surface area contributed by atoms with Crippen LogP contribution in [-0.4, -0.2) is 15.4 Å². The fourth-order valence-corrected chi connectivity index (χ4v) is 3.56. The molecule has 0 aliphatic heterocycles. The first-order chi connectivity index (χ1) is 10.6. The number of aromatic nitrogens is 3. The average molecular weight is 353 g/mol. The van der Waals surface area contributed by atoms with Crippen molar-refractivity contribution in [3.8, 4) is 0 Å². The zero-order valence-electron chi connectivity index (χ0n) is 12.0. The van der Waals surface area contributed by atoms with Crippen LogP contribution >= 0.6 is 34.7 Å². The molecular formula is C14H13ClN4OS2. The summed E-state index contributed by atoms with van der Waals surface area (Å²) in [6, 6.07) is 7.73. The number of nitrogens with zero attached hydrogens (tertiary/aromatic N) is 3. The minimum atomic E-state index is 0.686. The van der Waals surface area contributed by atoms with E-state index in [0.29, 0.717) is 5.75 Å². The predicted octanol–water partition coefficient (Wildman–Crippen LogP) is 4.83. The molecule has 0 saturated heterocycles. The molecule has 0 unspecified atom stereocenters. The van der Waals surface area contributed by atoms with E-state index in [1.54, 1.807) is 11.8 Å². The second kappa shape index (κ2) is 6.68. The Bertz CT molecular complexity index is 787. The highest BCUT2D eigenvalue weighted by Crippen LogP contribution is 2.30. The lowest BCUT2D eigenvalue weighted by Gasteiger charge is -2.03. The maximum Gasteiger partial charge on any atom is 0.210 e.